The van der Waals surface area contributed by atoms with Gasteiger partial charge in [-0.25, -0.2) is 15.4 Å². The van der Waals surface area contributed by atoms with Crippen LogP contribution in [-0.2, 0) is 14.4 Å². The van der Waals surface area contributed by atoms with Crippen LogP contribution in [0.3, 0.4) is 0 Å². The number of methoxy groups -OCH3 is 1. The van der Waals surface area contributed by atoms with Crippen molar-refractivity contribution < 1.29 is 24.4 Å². The molecule has 1 aromatic rings. The number of anilines is 1. The van der Waals surface area contributed by atoms with E-state index >= 15 is 0 Å². The van der Waals surface area contributed by atoms with Crippen LogP contribution in [0.4, 0.5) is 5.69 Å². The lowest BCUT2D eigenvalue weighted by Crippen LogP contribution is -2.44. The molecule has 1 unspecified atom stereocenters. The Morgan fingerprint density at radius 3 is 2.57 bits per heavy atom. The van der Waals surface area contributed by atoms with Gasteiger partial charge in [-0.05, 0) is 49.1 Å². The molecule has 4 N–H and O–H groups in total. The number of hydrogen-bond acceptors (Lipinski definition) is 7. The maximum absolute atomic E-state index is 12.2. The molecule has 152 valence electrons. The smallest absolute Gasteiger partial charge is 0.293 e. The number of nitrogens with zero attached hydrogens (tertiary/aromatic N) is 2. The topological polar surface area (TPSA) is 117 Å². The quantitative estimate of drug-likeness (QED) is 0.450. The second-order valence-electron chi connectivity index (χ2n) is 7.03. The SMILES string of the molecule is COc1ccc(N2OC(N(CC(N)=O)CC3CCCC3)C=C2C(=O)NO)cc1. The van der Waals surface area contributed by atoms with E-state index in [-0.39, 0.29) is 12.2 Å². The Morgan fingerprint density at radius 2 is 2.00 bits per heavy atom. The number of carbonyl (C=O) groups excluding carboxylic acids is 2. The van der Waals surface area contributed by atoms with Gasteiger partial charge in [-0.1, -0.05) is 12.8 Å². The van der Waals surface area contributed by atoms with E-state index in [1.165, 1.54) is 17.9 Å². The van der Waals surface area contributed by atoms with E-state index in [9.17, 15) is 9.59 Å². The molecule has 0 aromatic heterocycles. The summed E-state index contributed by atoms with van der Waals surface area (Å²) in [5, 5.41) is 10.4. The van der Waals surface area contributed by atoms with Gasteiger partial charge in [-0.3, -0.25) is 19.7 Å². The van der Waals surface area contributed by atoms with Gasteiger partial charge in [0, 0.05) is 6.54 Å². The van der Waals surface area contributed by atoms with Gasteiger partial charge in [0.05, 0.1) is 19.3 Å². The van der Waals surface area contributed by atoms with Crippen molar-refractivity contribution in [3.63, 3.8) is 0 Å². The van der Waals surface area contributed by atoms with Crippen molar-refractivity contribution in [2.75, 3.05) is 25.3 Å². The van der Waals surface area contributed by atoms with Crippen molar-refractivity contribution in [2.45, 2.75) is 31.9 Å². The fourth-order valence-corrected chi connectivity index (χ4v) is 3.70. The Bertz CT molecular complexity index is 730. The molecule has 0 saturated heterocycles. The summed E-state index contributed by atoms with van der Waals surface area (Å²) in [6, 6.07) is 6.94. The van der Waals surface area contributed by atoms with E-state index in [0.29, 0.717) is 23.9 Å². The van der Waals surface area contributed by atoms with Crippen LogP contribution < -0.4 is 21.0 Å². The molecule has 1 fully saturated rings. The number of amides is 2. The summed E-state index contributed by atoms with van der Waals surface area (Å²) in [7, 11) is 1.56. The van der Waals surface area contributed by atoms with Crippen molar-refractivity contribution in [2.24, 2.45) is 11.7 Å². The highest BCUT2D eigenvalue weighted by Crippen LogP contribution is 2.32. The van der Waals surface area contributed by atoms with Crippen molar-refractivity contribution in [1.82, 2.24) is 10.4 Å². The van der Waals surface area contributed by atoms with Crippen molar-refractivity contribution in [3.05, 3.63) is 36.0 Å². The second-order valence-corrected chi connectivity index (χ2v) is 7.03. The van der Waals surface area contributed by atoms with Gasteiger partial charge in [0.15, 0.2) is 6.23 Å². The Balaban J connectivity index is 1.83. The molecule has 0 spiro atoms. The maximum Gasteiger partial charge on any atom is 0.293 e. The lowest BCUT2D eigenvalue weighted by Gasteiger charge is -2.30. The zero-order chi connectivity index (χ0) is 20.1. The van der Waals surface area contributed by atoms with Crippen LogP contribution in [0.2, 0.25) is 0 Å². The molecule has 0 bridgehead atoms. The molecule has 9 nitrogen and oxygen atoms in total. The number of carbonyl (C=O) groups is 2. The highest BCUT2D eigenvalue weighted by molar-refractivity contribution is 5.96. The minimum atomic E-state index is -0.710. The predicted octanol–water partition coefficient (Wildman–Crippen LogP) is 1.14. The summed E-state index contributed by atoms with van der Waals surface area (Å²) in [5.74, 6) is -0.0565. The molecule has 1 heterocycles. The van der Waals surface area contributed by atoms with Gasteiger partial charge in [0.2, 0.25) is 5.91 Å². The fraction of sp³-hybridized carbons (Fsp3) is 0.474. The van der Waals surface area contributed by atoms with E-state index in [1.807, 2.05) is 4.90 Å². The number of hydrogen-bond donors (Lipinski definition) is 3. The van der Waals surface area contributed by atoms with Crippen molar-refractivity contribution in [1.29, 1.82) is 0 Å². The number of hydroxylamine groups is 2. The molecule has 3 rings (SSSR count). The molecule has 0 radical (unpaired) electrons. The minimum Gasteiger partial charge on any atom is -0.497 e. The number of nitrogens with one attached hydrogen (secondary N) is 1. The lowest BCUT2D eigenvalue weighted by atomic mass is 10.1. The number of nitrogens with two attached hydrogens (primary N) is 1. The minimum absolute atomic E-state index is 0.0160. The van der Waals surface area contributed by atoms with Gasteiger partial charge >= 0.3 is 0 Å². The molecule has 1 aromatic carbocycles. The van der Waals surface area contributed by atoms with Gasteiger partial charge in [0.1, 0.15) is 11.4 Å². The first-order valence-electron chi connectivity index (χ1n) is 9.31. The first-order valence-corrected chi connectivity index (χ1v) is 9.31. The number of benzene rings is 1. The van der Waals surface area contributed by atoms with Crippen molar-refractivity contribution >= 4 is 17.5 Å². The van der Waals surface area contributed by atoms with Crippen molar-refractivity contribution in [3.8, 4) is 5.75 Å². The molecule has 1 atom stereocenters. The summed E-state index contributed by atoms with van der Waals surface area (Å²) >= 11 is 0. The summed E-state index contributed by atoms with van der Waals surface area (Å²) in [6.45, 7) is 0.663. The first-order chi connectivity index (χ1) is 13.5. The third-order valence-electron chi connectivity index (χ3n) is 5.06. The third-order valence-corrected chi connectivity index (χ3v) is 5.06. The van der Waals surface area contributed by atoms with Gasteiger partial charge in [0.25, 0.3) is 5.91 Å². The Kier molecular flexibility index (Phi) is 6.50. The zero-order valence-electron chi connectivity index (χ0n) is 15.8. The van der Waals surface area contributed by atoms with Crippen LogP contribution in [0.15, 0.2) is 36.0 Å². The highest BCUT2D eigenvalue weighted by atomic mass is 16.7. The van der Waals surface area contributed by atoms with Gasteiger partial charge < -0.3 is 10.5 Å². The van der Waals surface area contributed by atoms with E-state index < -0.39 is 18.0 Å². The standard InChI is InChI=1S/C19H26N4O5/c1-27-15-8-6-14(7-9-15)23-16(19(25)21-26)10-18(28-23)22(12-17(20)24)11-13-4-2-3-5-13/h6-10,13,18,26H,2-5,11-12H2,1H3,(H2,20,24)(H,21,25). The molecule has 28 heavy (non-hydrogen) atoms. The summed E-state index contributed by atoms with van der Waals surface area (Å²) in [5.41, 5.74) is 7.77. The molecule has 2 amide bonds. The van der Waals surface area contributed by atoms with Gasteiger partial charge in [-0.15, -0.1) is 0 Å². The molecular weight excluding hydrogens is 364 g/mol. The molecule has 1 aliphatic carbocycles. The second kappa shape index (κ2) is 9.05. The van der Waals surface area contributed by atoms with Crippen LogP contribution in [0.25, 0.3) is 0 Å². The number of ether oxygens (including phenoxy) is 1. The van der Waals surface area contributed by atoms with E-state index in [2.05, 4.69) is 0 Å². The first kappa shape index (κ1) is 20.1. The average molecular weight is 390 g/mol. The number of rotatable bonds is 8. The molecule has 9 heteroatoms. The Morgan fingerprint density at radius 1 is 1.32 bits per heavy atom. The average Bonchev–Trinajstić information content (AvgIpc) is 3.36. The van der Waals surface area contributed by atoms with E-state index in [1.54, 1.807) is 42.9 Å². The lowest BCUT2D eigenvalue weighted by molar-refractivity contribution is -0.126. The summed E-state index contributed by atoms with van der Waals surface area (Å²) < 4.78 is 5.15. The Hall–Kier alpha value is -2.62. The highest BCUT2D eigenvalue weighted by Gasteiger charge is 2.35. The maximum atomic E-state index is 12.2. The van der Waals surface area contributed by atoms with Crippen LogP contribution in [0.1, 0.15) is 25.7 Å². The molecule has 1 aliphatic heterocycles. The van der Waals surface area contributed by atoms with Crippen LogP contribution in [0, 0.1) is 5.92 Å². The predicted molar refractivity (Wildman–Crippen MR) is 101 cm³/mol. The molecule has 1 saturated carbocycles. The largest absolute Gasteiger partial charge is 0.497 e. The van der Waals surface area contributed by atoms with Crippen LogP contribution in [0.5, 0.6) is 5.75 Å². The molecular formula is C19H26N4O5. The number of primary amides is 1. The van der Waals surface area contributed by atoms with Crippen LogP contribution >= 0.6 is 0 Å². The third kappa shape index (κ3) is 4.61. The summed E-state index contributed by atoms with van der Waals surface area (Å²) in [6.07, 6.45) is 5.46. The normalized spacial score (nSPS) is 19.8. The van der Waals surface area contributed by atoms with Crippen LogP contribution in [-0.4, -0.2) is 48.3 Å². The zero-order valence-corrected chi connectivity index (χ0v) is 15.8. The van der Waals surface area contributed by atoms with E-state index in [0.717, 1.165) is 12.8 Å². The van der Waals surface area contributed by atoms with E-state index in [4.69, 9.17) is 20.5 Å². The Labute approximate surface area is 163 Å². The molecule has 2 aliphatic rings. The monoisotopic (exact) mass is 390 g/mol. The summed E-state index contributed by atoms with van der Waals surface area (Å²) in [4.78, 5) is 31.6. The fourth-order valence-electron chi connectivity index (χ4n) is 3.70. The van der Waals surface area contributed by atoms with Gasteiger partial charge in [-0.2, -0.15) is 0 Å².